The van der Waals surface area contributed by atoms with E-state index in [2.05, 4.69) is 52.6 Å². The first kappa shape index (κ1) is 23.2. The van der Waals surface area contributed by atoms with E-state index in [1.807, 2.05) is 6.92 Å². The van der Waals surface area contributed by atoms with Crippen LogP contribution in [-0.4, -0.2) is 32.6 Å². The molecule has 1 saturated carbocycles. The highest BCUT2D eigenvalue weighted by Crippen LogP contribution is 2.34. The predicted molar refractivity (Wildman–Crippen MR) is 131 cm³/mol. The molecule has 3 aromatic rings. The summed E-state index contributed by atoms with van der Waals surface area (Å²) in [6.07, 6.45) is 3.75. The molecule has 2 N–H and O–H groups in total. The Morgan fingerprint density at radius 1 is 1.19 bits per heavy atom. The van der Waals surface area contributed by atoms with Crippen LogP contribution in [0.15, 0.2) is 45.6 Å². The van der Waals surface area contributed by atoms with Crippen LogP contribution in [-0.2, 0) is 0 Å². The van der Waals surface area contributed by atoms with Gasteiger partial charge in [0.1, 0.15) is 10.3 Å². The predicted octanol–water partition coefficient (Wildman–Crippen LogP) is 5.88. The van der Waals surface area contributed by atoms with Gasteiger partial charge < -0.3 is 10.6 Å². The summed E-state index contributed by atoms with van der Waals surface area (Å²) in [5.74, 6) is -0.0338. The fourth-order valence-corrected chi connectivity index (χ4v) is 4.75. The van der Waals surface area contributed by atoms with Crippen LogP contribution in [0.1, 0.15) is 40.6 Å². The Morgan fingerprint density at radius 3 is 2.62 bits per heavy atom. The van der Waals surface area contributed by atoms with E-state index in [-0.39, 0.29) is 23.2 Å². The Kier molecular flexibility index (Phi) is 6.90. The number of benzene rings is 1. The second kappa shape index (κ2) is 9.51. The molecule has 0 bridgehead atoms. The second-order valence-electron chi connectivity index (χ2n) is 7.44. The van der Waals surface area contributed by atoms with Crippen molar-refractivity contribution in [3.05, 3.63) is 66.9 Å². The Balaban J connectivity index is 1.67. The van der Waals surface area contributed by atoms with E-state index in [1.54, 1.807) is 30.5 Å². The van der Waals surface area contributed by atoms with E-state index in [9.17, 15) is 9.59 Å². The van der Waals surface area contributed by atoms with Gasteiger partial charge in [-0.3, -0.25) is 9.59 Å². The normalized spacial score (nSPS) is 14.2. The lowest BCUT2D eigenvalue weighted by Gasteiger charge is -2.17. The summed E-state index contributed by atoms with van der Waals surface area (Å²) < 4.78 is 2.24. The SMILES string of the molecule is CC(NC(=O)c1cc(Cl)cc(Br)c1NC(=O)c1cc(Br)nn1-c1ncccc1Cl)C1CC1. The Labute approximate surface area is 211 Å². The molecule has 4 rings (SSSR count). The van der Waals surface area contributed by atoms with Crippen molar-refractivity contribution in [2.75, 3.05) is 5.32 Å². The number of carbonyl (C=O) groups is 2. The van der Waals surface area contributed by atoms with Gasteiger partial charge in [-0.05, 0) is 81.8 Å². The number of pyridine rings is 1. The summed E-state index contributed by atoms with van der Waals surface area (Å²) >= 11 is 19.1. The van der Waals surface area contributed by atoms with Gasteiger partial charge in [-0.25, -0.2) is 9.67 Å². The molecule has 11 heteroatoms. The Bertz CT molecular complexity index is 1210. The standard InChI is InChI=1S/C21H17Br2Cl2N5O2/c1-10(11-4-5-11)27-20(31)13-7-12(24)8-14(22)18(13)28-21(32)16-9-17(23)29-30(16)19-15(25)3-2-6-26-19/h2-3,6-11H,4-5H2,1H3,(H,27,31)(H,28,32). The third kappa shape index (κ3) is 5.01. The number of amides is 2. The highest BCUT2D eigenvalue weighted by molar-refractivity contribution is 9.10. The van der Waals surface area contributed by atoms with Crippen LogP contribution >= 0.6 is 55.1 Å². The zero-order valence-corrected chi connectivity index (χ0v) is 21.4. The summed E-state index contributed by atoms with van der Waals surface area (Å²) in [6.45, 7) is 1.97. The van der Waals surface area contributed by atoms with E-state index in [0.717, 1.165) is 12.8 Å². The molecule has 1 fully saturated rings. The number of hydrogen-bond donors (Lipinski definition) is 2. The smallest absolute Gasteiger partial charge is 0.274 e. The van der Waals surface area contributed by atoms with Crippen molar-refractivity contribution in [1.82, 2.24) is 20.1 Å². The third-order valence-electron chi connectivity index (χ3n) is 5.08. The minimum absolute atomic E-state index is 0.0347. The zero-order valence-electron chi connectivity index (χ0n) is 16.7. The fourth-order valence-electron chi connectivity index (χ4n) is 3.26. The highest BCUT2D eigenvalue weighted by atomic mass is 79.9. The maximum atomic E-state index is 13.2. The Hall–Kier alpha value is -1.94. The summed E-state index contributed by atoms with van der Waals surface area (Å²) in [5, 5.41) is 10.8. The molecule has 0 radical (unpaired) electrons. The molecule has 2 heterocycles. The van der Waals surface area contributed by atoms with Gasteiger partial charge in [0.25, 0.3) is 11.8 Å². The summed E-state index contributed by atoms with van der Waals surface area (Å²) in [5.41, 5.74) is 0.735. The highest BCUT2D eigenvalue weighted by Gasteiger charge is 2.30. The molecular weight excluding hydrogens is 585 g/mol. The van der Waals surface area contributed by atoms with Gasteiger partial charge in [0, 0.05) is 27.8 Å². The topological polar surface area (TPSA) is 88.9 Å². The maximum absolute atomic E-state index is 13.2. The summed E-state index contributed by atoms with van der Waals surface area (Å²) in [7, 11) is 0. The van der Waals surface area contributed by atoms with Gasteiger partial charge in [-0.2, -0.15) is 5.10 Å². The van der Waals surface area contributed by atoms with E-state index in [0.29, 0.717) is 36.5 Å². The van der Waals surface area contributed by atoms with Crippen LogP contribution in [0.3, 0.4) is 0 Å². The van der Waals surface area contributed by atoms with Gasteiger partial charge in [0.2, 0.25) is 0 Å². The van der Waals surface area contributed by atoms with Crippen molar-refractivity contribution in [2.45, 2.75) is 25.8 Å². The number of aromatic nitrogens is 3. The monoisotopic (exact) mass is 599 g/mol. The molecule has 0 spiro atoms. The molecule has 1 aliphatic carbocycles. The number of rotatable bonds is 6. The van der Waals surface area contributed by atoms with Crippen molar-refractivity contribution in [3.63, 3.8) is 0 Å². The molecule has 32 heavy (non-hydrogen) atoms. The molecule has 1 atom stereocenters. The van der Waals surface area contributed by atoms with Crippen LogP contribution in [0.2, 0.25) is 10.0 Å². The van der Waals surface area contributed by atoms with E-state index < -0.39 is 5.91 Å². The third-order valence-corrected chi connectivity index (χ3v) is 6.60. The van der Waals surface area contributed by atoms with Gasteiger partial charge in [0.05, 0.1) is 16.3 Å². The molecule has 1 aromatic carbocycles. The van der Waals surface area contributed by atoms with Crippen LogP contribution in [0, 0.1) is 5.92 Å². The lowest BCUT2D eigenvalue weighted by molar-refractivity contribution is 0.0936. The lowest BCUT2D eigenvalue weighted by Crippen LogP contribution is -2.34. The molecule has 2 aromatic heterocycles. The summed E-state index contributed by atoms with van der Waals surface area (Å²) in [4.78, 5) is 30.4. The molecule has 7 nitrogen and oxygen atoms in total. The summed E-state index contributed by atoms with van der Waals surface area (Å²) in [6, 6.07) is 8.05. The quantitative estimate of drug-likeness (QED) is 0.369. The van der Waals surface area contributed by atoms with E-state index in [4.69, 9.17) is 23.2 Å². The van der Waals surface area contributed by atoms with E-state index >= 15 is 0 Å². The first-order valence-electron chi connectivity index (χ1n) is 9.72. The number of nitrogens with one attached hydrogen (secondary N) is 2. The molecular formula is C21H17Br2Cl2N5O2. The second-order valence-corrected chi connectivity index (χ2v) is 9.95. The van der Waals surface area contributed by atoms with Crippen LogP contribution < -0.4 is 10.6 Å². The van der Waals surface area contributed by atoms with Gasteiger partial charge in [-0.1, -0.05) is 23.2 Å². The number of hydrogen-bond acceptors (Lipinski definition) is 4. The van der Waals surface area contributed by atoms with Crippen molar-refractivity contribution >= 4 is 72.6 Å². The number of carbonyl (C=O) groups excluding carboxylic acids is 2. The van der Waals surface area contributed by atoms with Crippen molar-refractivity contribution < 1.29 is 9.59 Å². The van der Waals surface area contributed by atoms with Crippen LogP contribution in [0.4, 0.5) is 5.69 Å². The first-order valence-corrected chi connectivity index (χ1v) is 12.1. The van der Waals surface area contributed by atoms with Gasteiger partial charge in [-0.15, -0.1) is 0 Å². The Morgan fingerprint density at radius 2 is 1.94 bits per heavy atom. The first-order chi connectivity index (χ1) is 15.2. The average Bonchev–Trinajstić information content (AvgIpc) is 3.52. The van der Waals surface area contributed by atoms with Crippen molar-refractivity contribution in [3.8, 4) is 5.82 Å². The fraction of sp³-hybridized carbons (Fsp3) is 0.238. The van der Waals surface area contributed by atoms with Crippen molar-refractivity contribution in [1.29, 1.82) is 0 Å². The molecule has 1 unspecified atom stereocenters. The number of nitrogens with zero attached hydrogens (tertiary/aromatic N) is 3. The minimum atomic E-state index is -0.503. The number of anilines is 1. The van der Waals surface area contributed by atoms with Crippen LogP contribution in [0.5, 0.6) is 0 Å². The van der Waals surface area contributed by atoms with Gasteiger partial charge >= 0.3 is 0 Å². The number of halogens is 4. The molecule has 166 valence electrons. The molecule has 2 amide bonds. The molecule has 1 aliphatic rings. The average molecular weight is 602 g/mol. The molecule has 0 saturated heterocycles. The lowest BCUT2D eigenvalue weighted by atomic mass is 10.1. The maximum Gasteiger partial charge on any atom is 0.274 e. The van der Waals surface area contributed by atoms with Gasteiger partial charge in [0.15, 0.2) is 5.82 Å². The zero-order chi connectivity index (χ0) is 23.0. The van der Waals surface area contributed by atoms with Crippen LogP contribution in [0.25, 0.3) is 5.82 Å². The van der Waals surface area contributed by atoms with Crippen molar-refractivity contribution in [2.24, 2.45) is 5.92 Å². The van der Waals surface area contributed by atoms with E-state index in [1.165, 1.54) is 10.7 Å². The molecule has 0 aliphatic heterocycles. The largest absolute Gasteiger partial charge is 0.349 e. The minimum Gasteiger partial charge on any atom is -0.349 e.